The maximum Gasteiger partial charge on any atom is 0.263 e. The summed E-state index contributed by atoms with van der Waals surface area (Å²) in [6, 6.07) is 17.2. The lowest BCUT2D eigenvalue weighted by Gasteiger charge is -2.09. The molecule has 3 aromatic carbocycles. The molecule has 3 N–H and O–H groups in total. The van der Waals surface area contributed by atoms with Crippen molar-refractivity contribution in [3.63, 3.8) is 0 Å². The van der Waals surface area contributed by atoms with Crippen LogP contribution in [-0.4, -0.2) is 16.4 Å². The molecule has 150 valence electrons. The van der Waals surface area contributed by atoms with Crippen LogP contribution in [0.2, 0.25) is 5.02 Å². The molecule has 1 heterocycles. The predicted octanol–water partition coefficient (Wildman–Crippen LogP) is 5.27. The van der Waals surface area contributed by atoms with Crippen LogP contribution in [0.5, 0.6) is 0 Å². The summed E-state index contributed by atoms with van der Waals surface area (Å²) in [7, 11) is 0. The first-order valence-electron chi connectivity index (χ1n) is 9.13. The van der Waals surface area contributed by atoms with Gasteiger partial charge in [0.05, 0.1) is 11.1 Å². The number of nitrogens with two attached hydrogens (primary N) is 1. The zero-order chi connectivity index (χ0) is 21.4. The fourth-order valence-electron chi connectivity index (χ4n) is 3.30. The first kappa shape index (κ1) is 19.7. The molecule has 0 unspecified atom stereocenters. The second-order valence-corrected chi connectivity index (χ2v) is 7.25. The van der Waals surface area contributed by atoms with Crippen LogP contribution in [0.25, 0.3) is 10.9 Å². The number of carbonyl (C=O) groups is 2. The average Bonchev–Trinajstić information content (AvgIpc) is 3.02. The number of hydrogen-bond acceptors (Lipinski definition) is 3. The van der Waals surface area contributed by atoms with Crippen molar-refractivity contribution in [2.24, 2.45) is 0 Å². The summed E-state index contributed by atoms with van der Waals surface area (Å²) >= 11 is 6.14. The monoisotopic (exact) mass is 421 g/mol. The third-order valence-corrected chi connectivity index (χ3v) is 5.27. The summed E-state index contributed by atoms with van der Waals surface area (Å²) in [5.41, 5.74) is 8.58. The summed E-state index contributed by atoms with van der Waals surface area (Å²) in [6.45, 7) is 1.86. The van der Waals surface area contributed by atoms with Crippen molar-refractivity contribution in [2.45, 2.75) is 6.92 Å². The standard InChI is InChI=1S/C23H17ClFN3O2/c1-13-6-11-16(12-18(13)24)27-22(29)20-17-4-2-3-5-19(17)28(21(20)26)23(30)14-7-9-15(25)10-8-14/h2-12H,26H2,1H3,(H,27,29). The molecule has 0 aliphatic rings. The van der Waals surface area contributed by atoms with Crippen LogP contribution in [0.1, 0.15) is 26.3 Å². The van der Waals surface area contributed by atoms with Crippen LogP contribution in [0, 0.1) is 12.7 Å². The van der Waals surface area contributed by atoms with Gasteiger partial charge in [-0.2, -0.15) is 0 Å². The van der Waals surface area contributed by atoms with E-state index in [1.807, 2.05) is 6.92 Å². The summed E-state index contributed by atoms with van der Waals surface area (Å²) in [5, 5.41) is 3.83. The van der Waals surface area contributed by atoms with E-state index in [0.29, 0.717) is 21.6 Å². The number of fused-ring (bicyclic) bond motifs is 1. The highest BCUT2D eigenvalue weighted by molar-refractivity contribution is 6.31. The first-order valence-corrected chi connectivity index (χ1v) is 9.51. The van der Waals surface area contributed by atoms with Gasteiger partial charge in [0.2, 0.25) is 0 Å². The fraction of sp³-hybridized carbons (Fsp3) is 0.0435. The Bertz CT molecular complexity index is 1300. The lowest BCUT2D eigenvalue weighted by molar-refractivity contribution is 0.0967. The maximum atomic E-state index is 13.2. The van der Waals surface area contributed by atoms with Gasteiger partial charge < -0.3 is 11.1 Å². The molecule has 0 saturated heterocycles. The van der Waals surface area contributed by atoms with E-state index in [-0.39, 0.29) is 16.9 Å². The normalized spacial score (nSPS) is 10.9. The van der Waals surface area contributed by atoms with E-state index >= 15 is 0 Å². The second-order valence-electron chi connectivity index (χ2n) is 6.84. The number of para-hydroxylation sites is 1. The second kappa shape index (κ2) is 7.65. The Kier molecular flexibility index (Phi) is 5.01. The number of nitrogens with one attached hydrogen (secondary N) is 1. The van der Waals surface area contributed by atoms with Gasteiger partial charge in [-0.05, 0) is 55.0 Å². The van der Waals surface area contributed by atoms with Crippen molar-refractivity contribution in [1.82, 2.24) is 4.57 Å². The fourth-order valence-corrected chi connectivity index (χ4v) is 3.48. The van der Waals surface area contributed by atoms with Crippen LogP contribution in [0.4, 0.5) is 15.9 Å². The Hall–Kier alpha value is -3.64. The van der Waals surface area contributed by atoms with Gasteiger partial charge in [0.15, 0.2) is 0 Å². The molecule has 7 heteroatoms. The van der Waals surface area contributed by atoms with E-state index in [2.05, 4.69) is 5.32 Å². The van der Waals surface area contributed by atoms with Gasteiger partial charge >= 0.3 is 0 Å². The molecular weight excluding hydrogens is 405 g/mol. The Labute approximate surface area is 176 Å². The number of aromatic nitrogens is 1. The minimum Gasteiger partial charge on any atom is -0.384 e. The third kappa shape index (κ3) is 3.42. The number of anilines is 2. The molecule has 0 aliphatic carbocycles. The smallest absolute Gasteiger partial charge is 0.263 e. The number of hydrogen-bond donors (Lipinski definition) is 2. The third-order valence-electron chi connectivity index (χ3n) is 4.86. The van der Waals surface area contributed by atoms with E-state index in [4.69, 9.17) is 17.3 Å². The van der Waals surface area contributed by atoms with E-state index in [9.17, 15) is 14.0 Å². The number of halogens is 2. The van der Waals surface area contributed by atoms with Gasteiger partial charge in [0.25, 0.3) is 11.8 Å². The van der Waals surface area contributed by atoms with Crippen molar-refractivity contribution >= 4 is 45.8 Å². The van der Waals surface area contributed by atoms with Crippen molar-refractivity contribution < 1.29 is 14.0 Å². The molecular formula is C23H17ClFN3O2. The molecule has 5 nitrogen and oxygen atoms in total. The lowest BCUT2D eigenvalue weighted by atomic mass is 10.1. The summed E-state index contributed by atoms with van der Waals surface area (Å²) in [4.78, 5) is 26.1. The number of carbonyl (C=O) groups excluding carboxylic acids is 2. The molecule has 4 aromatic rings. The summed E-state index contributed by atoms with van der Waals surface area (Å²) < 4.78 is 14.5. The average molecular weight is 422 g/mol. The molecule has 1 amide bonds. The molecule has 0 atom stereocenters. The van der Waals surface area contributed by atoms with E-state index in [1.54, 1.807) is 42.5 Å². The van der Waals surface area contributed by atoms with Crippen LogP contribution in [0.15, 0.2) is 66.7 Å². The van der Waals surface area contributed by atoms with Crippen LogP contribution >= 0.6 is 11.6 Å². The number of aryl methyl sites for hydroxylation is 1. The highest BCUT2D eigenvalue weighted by Gasteiger charge is 2.24. The van der Waals surface area contributed by atoms with Gasteiger partial charge in [0, 0.05) is 21.7 Å². The zero-order valence-electron chi connectivity index (χ0n) is 15.9. The Balaban J connectivity index is 1.80. The molecule has 0 radical (unpaired) electrons. The topological polar surface area (TPSA) is 77.1 Å². The van der Waals surface area contributed by atoms with Crippen molar-refractivity contribution in [1.29, 1.82) is 0 Å². The largest absolute Gasteiger partial charge is 0.384 e. The molecule has 0 spiro atoms. The minimum absolute atomic E-state index is 0.00114. The number of benzene rings is 3. The van der Waals surface area contributed by atoms with Gasteiger partial charge in [-0.1, -0.05) is 35.9 Å². The quantitative estimate of drug-likeness (QED) is 0.473. The van der Waals surface area contributed by atoms with E-state index in [0.717, 1.165) is 5.56 Å². The summed E-state index contributed by atoms with van der Waals surface area (Å²) in [5.74, 6) is -1.37. The Morgan fingerprint density at radius 3 is 2.43 bits per heavy atom. The number of nitrogen functional groups attached to an aromatic ring is 1. The SMILES string of the molecule is Cc1ccc(NC(=O)c2c(N)n(C(=O)c3ccc(F)cc3)c3ccccc23)cc1Cl. The summed E-state index contributed by atoms with van der Waals surface area (Å²) in [6.07, 6.45) is 0. The molecule has 0 fully saturated rings. The highest BCUT2D eigenvalue weighted by Crippen LogP contribution is 2.30. The van der Waals surface area contributed by atoms with Crippen molar-refractivity contribution in [3.8, 4) is 0 Å². The molecule has 1 aromatic heterocycles. The molecule has 0 bridgehead atoms. The van der Waals surface area contributed by atoms with E-state index in [1.165, 1.54) is 28.8 Å². The maximum absolute atomic E-state index is 13.2. The molecule has 4 rings (SSSR count). The number of amides is 1. The van der Waals surface area contributed by atoms with Crippen molar-refractivity contribution in [3.05, 3.63) is 94.3 Å². The zero-order valence-corrected chi connectivity index (χ0v) is 16.7. The van der Waals surface area contributed by atoms with Gasteiger partial charge in [0.1, 0.15) is 11.6 Å². The molecule has 30 heavy (non-hydrogen) atoms. The van der Waals surface area contributed by atoms with Crippen LogP contribution in [-0.2, 0) is 0 Å². The predicted molar refractivity (Wildman–Crippen MR) is 117 cm³/mol. The van der Waals surface area contributed by atoms with Crippen molar-refractivity contribution in [2.75, 3.05) is 11.1 Å². The van der Waals surface area contributed by atoms with Gasteiger partial charge in [-0.3, -0.25) is 14.2 Å². The number of rotatable bonds is 3. The lowest BCUT2D eigenvalue weighted by Crippen LogP contribution is -2.18. The van der Waals surface area contributed by atoms with Gasteiger partial charge in [-0.15, -0.1) is 0 Å². The first-order chi connectivity index (χ1) is 14.4. The Morgan fingerprint density at radius 1 is 1.03 bits per heavy atom. The Morgan fingerprint density at radius 2 is 1.73 bits per heavy atom. The molecule has 0 aliphatic heterocycles. The minimum atomic E-state index is -0.464. The van der Waals surface area contributed by atoms with Crippen LogP contribution in [0.3, 0.4) is 0 Å². The highest BCUT2D eigenvalue weighted by atomic mass is 35.5. The van der Waals surface area contributed by atoms with E-state index < -0.39 is 17.6 Å². The number of nitrogens with zero attached hydrogens (tertiary/aromatic N) is 1. The van der Waals surface area contributed by atoms with Gasteiger partial charge in [-0.25, -0.2) is 4.39 Å². The molecule has 0 saturated carbocycles. The van der Waals surface area contributed by atoms with Crippen LogP contribution < -0.4 is 11.1 Å².